The quantitative estimate of drug-likeness (QED) is 0.677. The minimum Gasteiger partial charge on any atom is -0.493 e. The van der Waals surface area contributed by atoms with Crippen LogP contribution in [0.2, 0.25) is 0 Å². The number of carbonyl (C=O) groups excluding carboxylic acids is 1. The van der Waals surface area contributed by atoms with E-state index in [9.17, 15) is 9.59 Å². The minimum atomic E-state index is -0.310. The Hall–Kier alpha value is -2.87. The minimum absolute atomic E-state index is 0.0994. The fraction of sp³-hybridized carbons (Fsp3) is 0.350. The second-order valence-corrected chi connectivity index (χ2v) is 7.97. The zero-order chi connectivity index (χ0) is 20.0. The summed E-state index contributed by atoms with van der Waals surface area (Å²) in [7, 11) is 3.19. The largest absolute Gasteiger partial charge is 0.493 e. The number of hydrogen-bond donors (Lipinski definition) is 0. The second kappa shape index (κ2) is 6.94. The summed E-state index contributed by atoms with van der Waals surface area (Å²) in [5.74, 6) is 1.01. The van der Waals surface area contributed by atoms with Crippen molar-refractivity contribution in [2.75, 3.05) is 20.8 Å². The molecular weight excluding hydrogens is 378 g/mol. The highest BCUT2D eigenvalue weighted by atomic mass is 32.1. The van der Waals surface area contributed by atoms with E-state index < -0.39 is 0 Å². The standard InChI is InChI=1S/C20H21N3O4S/c1-11-12(2)28-20-21-9-15(19(25)23(11)20)18(24)22-6-5-13-7-16(26-3)17(27-4)8-14(13)10-22/h7-9H,5-6,10H2,1-4H3. The van der Waals surface area contributed by atoms with Crippen molar-refractivity contribution in [2.24, 2.45) is 0 Å². The number of carbonyl (C=O) groups is 1. The molecule has 28 heavy (non-hydrogen) atoms. The number of thiazole rings is 1. The molecule has 1 amide bonds. The van der Waals surface area contributed by atoms with E-state index in [1.165, 1.54) is 21.9 Å². The molecule has 3 heterocycles. The Kier molecular flexibility index (Phi) is 4.58. The number of ether oxygens (including phenoxy) is 2. The van der Waals surface area contributed by atoms with Gasteiger partial charge in [0.05, 0.1) is 14.2 Å². The first-order valence-electron chi connectivity index (χ1n) is 8.95. The molecule has 8 heteroatoms. The third-order valence-corrected chi connectivity index (χ3v) is 6.33. The Morgan fingerprint density at radius 3 is 2.50 bits per heavy atom. The molecule has 0 bridgehead atoms. The van der Waals surface area contributed by atoms with Crippen molar-refractivity contribution in [1.29, 1.82) is 0 Å². The molecular formula is C20H21N3O4S. The predicted molar refractivity (Wildman–Crippen MR) is 107 cm³/mol. The van der Waals surface area contributed by atoms with E-state index in [0.29, 0.717) is 36.0 Å². The summed E-state index contributed by atoms with van der Waals surface area (Å²) in [5, 5.41) is 0. The van der Waals surface area contributed by atoms with Crippen LogP contribution in [0.5, 0.6) is 11.5 Å². The Morgan fingerprint density at radius 1 is 1.14 bits per heavy atom. The number of amides is 1. The Bertz CT molecular complexity index is 1150. The average Bonchev–Trinajstić information content (AvgIpc) is 3.00. The van der Waals surface area contributed by atoms with E-state index in [-0.39, 0.29) is 17.0 Å². The van der Waals surface area contributed by atoms with Gasteiger partial charge in [-0.3, -0.25) is 14.0 Å². The molecule has 2 aromatic heterocycles. The van der Waals surface area contributed by atoms with E-state index in [2.05, 4.69) is 4.98 Å². The number of aryl methyl sites for hydroxylation is 2. The van der Waals surface area contributed by atoms with E-state index in [4.69, 9.17) is 9.47 Å². The summed E-state index contributed by atoms with van der Waals surface area (Å²) in [5.41, 5.74) is 2.73. The number of rotatable bonds is 3. The van der Waals surface area contributed by atoms with Crippen molar-refractivity contribution < 1.29 is 14.3 Å². The molecule has 7 nitrogen and oxygen atoms in total. The van der Waals surface area contributed by atoms with Crippen molar-refractivity contribution in [1.82, 2.24) is 14.3 Å². The molecule has 0 fully saturated rings. The second-order valence-electron chi connectivity index (χ2n) is 6.79. The summed E-state index contributed by atoms with van der Waals surface area (Å²) in [6.45, 7) is 4.76. The van der Waals surface area contributed by atoms with Gasteiger partial charge >= 0.3 is 0 Å². The Labute approximate surface area is 166 Å². The SMILES string of the molecule is COc1cc2c(cc1OC)CN(C(=O)c1cnc3sc(C)c(C)n3c1=O)CC2. The van der Waals surface area contributed by atoms with Crippen LogP contribution in [0, 0.1) is 13.8 Å². The van der Waals surface area contributed by atoms with E-state index in [0.717, 1.165) is 21.7 Å². The zero-order valence-corrected chi connectivity index (χ0v) is 17.1. The number of aromatic nitrogens is 2. The van der Waals surface area contributed by atoms with Gasteiger partial charge in [-0.25, -0.2) is 4.98 Å². The molecule has 1 aliphatic rings. The van der Waals surface area contributed by atoms with E-state index in [1.54, 1.807) is 19.1 Å². The molecule has 3 aromatic rings. The molecule has 0 spiro atoms. The molecule has 4 rings (SSSR count). The van der Waals surface area contributed by atoms with Crippen molar-refractivity contribution in [3.05, 3.63) is 55.9 Å². The topological polar surface area (TPSA) is 73.1 Å². The van der Waals surface area contributed by atoms with Gasteiger partial charge in [-0.1, -0.05) is 0 Å². The van der Waals surface area contributed by atoms with Crippen molar-refractivity contribution in [3.8, 4) is 11.5 Å². The van der Waals surface area contributed by atoms with Crippen LogP contribution in [-0.2, 0) is 13.0 Å². The maximum absolute atomic E-state index is 13.1. The average molecular weight is 399 g/mol. The monoisotopic (exact) mass is 399 g/mol. The molecule has 146 valence electrons. The Balaban J connectivity index is 1.69. The fourth-order valence-corrected chi connectivity index (χ4v) is 4.48. The van der Waals surface area contributed by atoms with Crippen LogP contribution in [0.1, 0.15) is 32.1 Å². The van der Waals surface area contributed by atoms with Crippen molar-refractivity contribution in [2.45, 2.75) is 26.8 Å². The van der Waals surface area contributed by atoms with Crippen molar-refractivity contribution in [3.63, 3.8) is 0 Å². The number of methoxy groups -OCH3 is 2. The Morgan fingerprint density at radius 2 is 1.82 bits per heavy atom. The smallest absolute Gasteiger partial charge is 0.271 e. The molecule has 0 saturated carbocycles. The van der Waals surface area contributed by atoms with Gasteiger partial charge in [-0.05, 0) is 43.5 Å². The predicted octanol–water partition coefficient (Wildman–Crippen LogP) is 2.59. The number of benzene rings is 1. The molecule has 0 radical (unpaired) electrons. The van der Waals surface area contributed by atoms with Crippen LogP contribution in [0.25, 0.3) is 4.96 Å². The van der Waals surface area contributed by atoms with Gasteiger partial charge in [-0.15, -0.1) is 11.3 Å². The van der Waals surface area contributed by atoms with E-state index in [1.807, 2.05) is 26.0 Å². The molecule has 0 unspecified atom stereocenters. The molecule has 0 saturated heterocycles. The lowest BCUT2D eigenvalue weighted by atomic mass is 9.98. The first kappa shape index (κ1) is 18.5. The first-order chi connectivity index (χ1) is 13.4. The molecule has 1 aromatic carbocycles. The van der Waals surface area contributed by atoms with Crippen molar-refractivity contribution >= 4 is 22.2 Å². The van der Waals surface area contributed by atoms with Crippen LogP contribution < -0.4 is 15.0 Å². The zero-order valence-electron chi connectivity index (χ0n) is 16.2. The van der Waals surface area contributed by atoms with Crippen LogP contribution in [0.4, 0.5) is 0 Å². The highest BCUT2D eigenvalue weighted by Crippen LogP contribution is 2.33. The molecule has 1 aliphatic heterocycles. The van der Waals surface area contributed by atoms with Gasteiger partial charge in [0, 0.05) is 29.9 Å². The highest BCUT2D eigenvalue weighted by Gasteiger charge is 2.26. The normalized spacial score (nSPS) is 13.5. The fourth-order valence-electron chi connectivity index (χ4n) is 3.55. The summed E-state index contributed by atoms with van der Waals surface area (Å²) in [6, 6.07) is 3.85. The lowest BCUT2D eigenvalue weighted by Crippen LogP contribution is -2.39. The van der Waals surface area contributed by atoms with Gasteiger partial charge in [0.15, 0.2) is 16.5 Å². The molecule has 0 aliphatic carbocycles. The first-order valence-corrected chi connectivity index (χ1v) is 9.77. The maximum atomic E-state index is 13.1. The van der Waals surface area contributed by atoms with Crippen LogP contribution in [0.3, 0.4) is 0 Å². The van der Waals surface area contributed by atoms with Gasteiger partial charge < -0.3 is 14.4 Å². The summed E-state index contributed by atoms with van der Waals surface area (Å²) in [6.07, 6.45) is 2.09. The van der Waals surface area contributed by atoms with Crippen LogP contribution >= 0.6 is 11.3 Å². The lowest BCUT2D eigenvalue weighted by molar-refractivity contribution is 0.0732. The summed E-state index contributed by atoms with van der Waals surface area (Å²) < 4.78 is 12.3. The number of fused-ring (bicyclic) bond motifs is 2. The molecule has 0 atom stereocenters. The summed E-state index contributed by atoms with van der Waals surface area (Å²) >= 11 is 1.45. The summed E-state index contributed by atoms with van der Waals surface area (Å²) in [4.78, 5) is 33.7. The van der Waals surface area contributed by atoms with Gasteiger partial charge in [0.1, 0.15) is 5.56 Å². The van der Waals surface area contributed by atoms with Gasteiger partial charge in [0.25, 0.3) is 11.5 Å². The van der Waals surface area contributed by atoms with Gasteiger partial charge in [-0.2, -0.15) is 0 Å². The number of nitrogens with zero attached hydrogens (tertiary/aromatic N) is 3. The highest BCUT2D eigenvalue weighted by molar-refractivity contribution is 7.17. The third kappa shape index (κ3) is 2.84. The van der Waals surface area contributed by atoms with E-state index >= 15 is 0 Å². The molecule has 0 N–H and O–H groups in total. The third-order valence-electron chi connectivity index (χ3n) is 5.25. The number of hydrogen-bond acceptors (Lipinski definition) is 6. The van der Waals surface area contributed by atoms with Crippen LogP contribution in [-0.4, -0.2) is 41.0 Å². The van der Waals surface area contributed by atoms with Gasteiger partial charge in [0.2, 0.25) is 0 Å². The van der Waals surface area contributed by atoms with Crippen LogP contribution in [0.15, 0.2) is 23.1 Å². The maximum Gasteiger partial charge on any atom is 0.271 e. The lowest BCUT2D eigenvalue weighted by Gasteiger charge is -2.29.